The molecule has 3 heterocycles. The Labute approximate surface area is 119 Å². The van der Waals surface area contributed by atoms with Crippen molar-refractivity contribution in [2.75, 3.05) is 24.5 Å². The molecule has 0 bridgehead atoms. The molecule has 1 saturated heterocycles. The Morgan fingerprint density at radius 1 is 1.45 bits per heavy atom. The normalized spacial score (nSPS) is 23.1. The first-order chi connectivity index (χ1) is 9.52. The summed E-state index contributed by atoms with van der Waals surface area (Å²) in [4.78, 5) is 6.93. The van der Waals surface area contributed by atoms with Gasteiger partial charge in [-0.1, -0.05) is 20.8 Å². The molecule has 108 valence electrons. The molecule has 1 aliphatic rings. The molecule has 2 aromatic heterocycles. The van der Waals surface area contributed by atoms with E-state index in [0.29, 0.717) is 5.92 Å². The molecule has 20 heavy (non-hydrogen) atoms. The summed E-state index contributed by atoms with van der Waals surface area (Å²) < 4.78 is 1.94. The standard InChI is InChI=1S/C15H23N5/c1-11(2)12-8-13-14(17-5-7-20(13)18-12)19-6-4-15(3,9-16)10-19/h5,7-8,11H,4,6,9-10,16H2,1-3H3. The van der Waals surface area contributed by atoms with Crippen molar-refractivity contribution in [3.8, 4) is 0 Å². The average molecular weight is 273 g/mol. The maximum absolute atomic E-state index is 5.90. The Morgan fingerprint density at radius 2 is 2.25 bits per heavy atom. The van der Waals surface area contributed by atoms with Crippen LogP contribution in [0.2, 0.25) is 0 Å². The van der Waals surface area contributed by atoms with Gasteiger partial charge in [-0.2, -0.15) is 5.10 Å². The summed E-state index contributed by atoms with van der Waals surface area (Å²) in [5.41, 5.74) is 8.31. The zero-order valence-electron chi connectivity index (χ0n) is 12.5. The fourth-order valence-electron chi connectivity index (χ4n) is 2.82. The zero-order valence-corrected chi connectivity index (χ0v) is 12.5. The molecule has 0 amide bonds. The van der Waals surface area contributed by atoms with Crippen LogP contribution in [0.1, 0.15) is 38.8 Å². The minimum Gasteiger partial charge on any atom is -0.354 e. The van der Waals surface area contributed by atoms with E-state index in [1.807, 2.05) is 16.9 Å². The van der Waals surface area contributed by atoms with E-state index >= 15 is 0 Å². The van der Waals surface area contributed by atoms with Gasteiger partial charge in [0, 0.05) is 25.5 Å². The summed E-state index contributed by atoms with van der Waals surface area (Å²) in [6.45, 7) is 9.29. The Bertz CT molecular complexity index is 618. The smallest absolute Gasteiger partial charge is 0.154 e. The highest BCUT2D eigenvalue weighted by Crippen LogP contribution is 2.33. The first-order valence-corrected chi connectivity index (χ1v) is 7.32. The van der Waals surface area contributed by atoms with E-state index in [1.54, 1.807) is 0 Å². The highest BCUT2D eigenvalue weighted by molar-refractivity contribution is 5.69. The SMILES string of the molecule is CC(C)c1cc2c(N3CCC(C)(CN)C3)nccn2n1. The van der Waals surface area contributed by atoms with Crippen LogP contribution in [-0.2, 0) is 0 Å². The molecule has 1 aliphatic heterocycles. The third-order valence-corrected chi connectivity index (χ3v) is 4.33. The molecule has 0 spiro atoms. The Balaban J connectivity index is 2.00. The molecule has 1 atom stereocenters. The predicted molar refractivity (Wildman–Crippen MR) is 81.1 cm³/mol. The maximum atomic E-state index is 5.90. The van der Waals surface area contributed by atoms with Gasteiger partial charge in [0.05, 0.1) is 5.69 Å². The average Bonchev–Trinajstić information content (AvgIpc) is 3.02. The maximum Gasteiger partial charge on any atom is 0.154 e. The van der Waals surface area contributed by atoms with Crippen LogP contribution in [0.5, 0.6) is 0 Å². The summed E-state index contributed by atoms with van der Waals surface area (Å²) in [7, 11) is 0. The quantitative estimate of drug-likeness (QED) is 0.929. The van der Waals surface area contributed by atoms with Gasteiger partial charge in [-0.15, -0.1) is 0 Å². The summed E-state index contributed by atoms with van der Waals surface area (Å²) >= 11 is 0. The van der Waals surface area contributed by atoms with Crippen molar-refractivity contribution in [1.82, 2.24) is 14.6 Å². The van der Waals surface area contributed by atoms with Gasteiger partial charge in [-0.3, -0.25) is 0 Å². The van der Waals surface area contributed by atoms with Gasteiger partial charge in [0.2, 0.25) is 0 Å². The molecule has 3 rings (SSSR count). The van der Waals surface area contributed by atoms with E-state index < -0.39 is 0 Å². The molecule has 1 unspecified atom stereocenters. The third kappa shape index (κ3) is 2.16. The van der Waals surface area contributed by atoms with Crippen LogP contribution in [0, 0.1) is 5.41 Å². The number of rotatable bonds is 3. The van der Waals surface area contributed by atoms with Gasteiger partial charge in [0.15, 0.2) is 5.82 Å². The van der Waals surface area contributed by atoms with Crippen LogP contribution in [0.3, 0.4) is 0 Å². The summed E-state index contributed by atoms with van der Waals surface area (Å²) in [5, 5.41) is 4.63. The molecular weight excluding hydrogens is 250 g/mol. The summed E-state index contributed by atoms with van der Waals surface area (Å²) in [6.07, 6.45) is 4.87. The van der Waals surface area contributed by atoms with Crippen LogP contribution in [0.25, 0.3) is 5.52 Å². The Morgan fingerprint density at radius 3 is 2.90 bits per heavy atom. The van der Waals surface area contributed by atoms with E-state index in [0.717, 1.165) is 43.1 Å². The number of nitrogens with zero attached hydrogens (tertiary/aromatic N) is 4. The number of hydrogen-bond donors (Lipinski definition) is 1. The van der Waals surface area contributed by atoms with Crippen LogP contribution < -0.4 is 10.6 Å². The molecule has 0 saturated carbocycles. The molecule has 5 nitrogen and oxygen atoms in total. The van der Waals surface area contributed by atoms with Gasteiger partial charge in [0.1, 0.15) is 5.52 Å². The lowest BCUT2D eigenvalue weighted by Crippen LogP contribution is -2.31. The number of anilines is 1. The molecule has 0 aliphatic carbocycles. The van der Waals surface area contributed by atoms with Gasteiger partial charge in [-0.25, -0.2) is 9.50 Å². The first-order valence-electron chi connectivity index (χ1n) is 7.32. The van der Waals surface area contributed by atoms with Crippen LogP contribution in [0.4, 0.5) is 5.82 Å². The number of aromatic nitrogens is 3. The lowest BCUT2D eigenvalue weighted by molar-refractivity contribution is 0.383. The highest BCUT2D eigenvalue weighted by atomic mass is 15.3. The van der Waals surface area contributed by atoms with Crippen LogP contribution in [0.15, 0.2) is 18.5 Å². The Kier molecular flexibility index (Phi) is 3.17. The van der Waals surface area contributed by atoms with Gasteiger partial charge in [0.25, 0.3) is 0 Å². The fraction of sp³-hybridized carbons (Fsp3) is 0.600. The topological polar surface area (TPSA) is 59.5 Å². The fourth-order valence-corrected chi connectivity index (χ4v) is 2.82. The van der Waals surface area contributed by atoms with E-state index in [9.17, 15) is 0 Å². The van der Waals surface area contributed by atoms with Crippen molar-refractivity contribution >= 4 is 11.3 Å². The van der Waals surface area contributed by atoms with Gasteiger partial charge in [-0.05, 0) is 30.4 Å². The van der Waals surface area contributed by atoms with Crippen molar-refractivity contribution in [2.45, 2.75) is 33.1 Å². The lowest BCUT2D eigenvalue weighted by atomic mass is 9.90. The predicted octanol–water partition coefficient (Wildman–Crippen LogP) is 2.03. The lowest BCUT2D eigenvalue weighted by Gasteiger charge is -2.23. The molecule has 1 fully saturated rings. The first kappa shape index (κ1) is 13.4. The van der Waals surface area contributed by atoms with E-state index in [2.05, 4.69) is 41.8 Å². The molecule has 2 aromatic rings. The van der Waals surface area contributed by atoms with Gasteiger partial charge >= 0.3 is 0 Å². The summed E-state index contributed by atoms with van der Waals surface area (Å²) in [6, 6.07) is 2.16. The minimum absolute atomic E-state index is 0.204. The van der Waals surface area contributed by atoms with Crippen molar-refractivity contribution in [3.63, 3.8) is 0 Å². The molecule has 5 heteroatoms. The Hall–Kier alpha value is -1.62. The van der Waals surface area contributed by atoms with Crippen molar-refractivity contribution < 1.29 is 0 Å². The van der Waals surface area contributed by atoms with E-state index in [4.69, 9.17) is 5.73 Å². The van der Waals surface area contributed by atoms with Crippen molar-refractivity contribution in [1.29, 1.82) is 0 Å². The number of fused-ring (bicyclic) bond motifs is 1. The minimum atomic E-state index is 0.204. The largest absolute Gasteiger partial charge is 0.354 e. The number of nitrogens with two attached hydrogens (primary N) is 1. The molecular formula is C15H23N5. The second kappa shape index (κ2) is 4.74. The molecule has 0 aromatic carbocycles. The second-order valence-electron chi connectivity index (χ2n) is 6.49. The van der Waals surface area contributed by atoms with Crippen molar-refractivity contribution in [3.05, 3.63) is 24.2 Å². The van der Waals surface area contributed by atoms with E-state index in [1.165, 1.54) is 0 Å². The second-order valence-corrected chi connectivity index (χ2v) is 6.49. The molecule has 0 radical (unpaired) electrons. The van der Waals surface area contributed by atoms with Gasteiger partial charge < -0.3 is 10.6 Å². The zero-order chi connectivity index (χ0) is 14.3. The monoisotopic (exact) mass is 273 g/mol. The van der Waals surface area contributed by atoms with Crippen LogP contribution in [-0.4, -0.2) is 34.2 Å². The third-order valence-electron chi connectivity index (χ3n) is 4.33. The van der Waals surface area contributed by atoms with Crippen molar-refractivity contribution in [2.24, 2.45) is 11.1 Å². The number of hydrogen-bond acceptors (Lipinski definition) is 4. The van der Waals surface area contributed by atoms with E-state index in [-0.39, 0.29) is 5.41 Å². The summed E-state index contributed by atoms with van der Waals surface area (Å²) in [5.74, 6) is 1.46. The highest BCUT2D eigenvalue weighted by Gasteiger charge is 2.34. The molecule has 2 N–H and O–H groups in total. The van der Waals surface area contributed by atoms with Crippen LogP contribution >= 0.6 is 0 Å².